The van der Waals surface area contributed by atoms with Gasteiger partial charge in [-0.15, -0.1) is 0 Å². The number of pyridine rings is 2. The predicted octanol–water partition coefficient (Wildman–Crippen LogP) is 5.14. The van der Waals surface area contributed by atoms with E-state index < -0.39 is 7.60 Å². The van der Waals surface area contributed by atoms with E-state index in [0.717, 1.165) is 10.9 Å². The molecule has 2 aromatic carbocycles. The fourth-order valence-electron chi connectivity index (χ4n) is 3.53. The number of aromatic hydroxyl groups is 1. The van der Waals surface area contributed by atoms with Crippen LogP contribution in [0.4, 0.5) is 0 Å². The van der Waals surface area contributed by atoms with E-state index in [2.05, 4.69) is 9.97 Å². The highest BCUT2D eigenvalue weighted by Crippen LogP contribution is 2.55. The van der Waals surface area contributed by atoms with Crippen molar-refractivity contribution in [2.75, 3.05) is 6.61 Å². The first-order chi connectivity index (χ1) is 14.0. The van der Waals surface area contributed by atoms with Gasteiger partial charge in [0, 0.05) is 34.6 Å². The summed E-state index contributed by atoms with van der Waals surface area (Å²) in [5.41, 5.74) is 2.05. The quantitative estimate of drug-likeness (QED) is 0.353. The molecule has 1 aliphatic heterocycles. The molecule has 0 aliphatic carbocycles. The van der Waals surface area contributed by atoms with Gasteiger partial charge in [-0.3, -0.25) is 19.1 Å². The molecule has 1 unspecified atom stereocenters. The molecule has 1 fully saturated rings. The molecule has 0 saturated carbocycles. The smallest absolute Gasteiger partial charge is 0.363 e. The molecule has 0 spiro atoms. The van der Waals surface area contributed by atoms with E-state index in [1.54, 1.807) is 24.3 Å². The van der Waals surface area contributed by atoms with E-state index >= 15 is 0 Å². The van der Waals surface area contributed by atoms with Crippen LogP contribution in [0.5, 0.6) is 5.75 Å². The third-order valence-electron chi connectivity index (χ3n) is 4.97. The average Bonchev–Trinajstić information content (AvgIpc) is 2.73. The Labute approximate surface area is 171 Å². The van der Waals surface area contributed by atoms with Gasteiger partial charge >= 0.3 is 7.60 Å². The van der Waals surface area contributed by atoms with Crippen molar-refractivity contribution in [2.24, 2.45) is 0 Å². The van der Waals surface area contributed by atoms with Gasteiger partial charge in [-0.25, -0.2) is 0 Å². The van der Waals surface area contributed by atoms with E-state index in [1.807, 2.05) is 18.2 Å². The van der Waals surface area contributed by atoms with E-state index in [0.29, 0.717) is 39.8 Å². The maximum absolute atomic E-state index is 13.5. The number of aromatic nitrogens is 2. The van der Waals surface area contributed by atoms with Gasteiger partial charge in [0.15, 0.2) is 0 Å². The fourth-order valence-corrected chi connectivity index (χ4v) is 5.47. The zero-order valence-corrected chi connectivity index (χ0v) is 16.8. The van der Waals surface area contributed by atoms with Crippen LogP contribution in [0.25, 0.3) is 21.8 Å². The maximum atomic E-state index is 13.5. The Balaban J connectivity index is 1.55. The Hall–Kier alpha value is -2.50. The molecule has 8 heteroatoms. The standard InChI is InChI=1S/C21H16ClN2O4P/c22-15-3-1-2-13(10-15)19-7-9-27-29(26,28-19)16-11-14-4-5-17-18(25)6-8-23-21(17)20(14)24-12-16/h1-6,8,10-12,19H,7,9H2,(H,23,25)/t19-,29?/m0/s1. The van der Waals surface area contributed by atoms with Gasteiger partial charge in [0.25, 0.3) is 0 Å². The Morgan fingerprint density at radius 1 is 1.10 bits per heavy atom. The topological polar surface area (TPSA) is 81.5 Å². The summed E-state index contributed by atoms with van der Waals surface area (Å²) in [4.78, 5) is 8.78. The largest absolute Gasteiger partial charge is 0.507 e. The Morgan fingerprint density at radius 2 is 2.00 bits per heavy atom. The average molecular weight is 427 g/mol. The summed E-state index contributed by atoms with van der Waals surface area (Å²) in [7, 11) is -3.55. The molecule has 146 valence electrons. The lowest BCUT2D eigenvalue weighted by Gasteiger charge is -2.30. The second-order valence-corrected chi connectivity index (χ2v) is 9.24. The van der Waals surface area contributed by atoms with Crippen molar-refractivity contribution in [3.8, 4) is 5.75 Å². The van der Waals surface area contributed by atoms with Crippen LogP contribution in [0.3, 0.4) is 0 Å². The van der Waals surface area contributed by atoms with Crippen molar-refractivity contribution in [3.05, 3.63) is 71.5 Å². The number of benzene rings is 2. The fraction of sp³-hybridized carbons (Fsp3) is 0.143. The van der Waals surface area contributed by atoms with Crippen LogP contribution in [0.15, 0.2) is 60.9 Å². The molecule has 0 bridgehead atoms. The highest BCUT2D eigenvalue weighted by molar-refractivity contribution is 7.62. The van der Waals surface area contributed by atoms with Gasteiger partial charge in [0.1, 0.15) is 11.3 Å². The number of fused-ring (bicyclic) bond motifs is 3. The summed E-state index contributed by atoms with van der Waals surface area (Å²) < 4.78 is 25.0. The Kier molecular flexibility index (Phi) is 4.52. The molecular formula is C21H16ClN2O4P. The summed E-state index contributed by atoms with van der Waals surface area (Å²) in [5, 5.41) is 12.4. The molecule has 0 radical (unpaired) electrons. The number of rotatable bonds is 2. The molecule has 0 amide bonds. The number of hydrogen-bond acceptors (Lipinski definition) is 6. The first kappa shape index (κ1) is 18.5. The highest BCUT2D eigenvalue weighted by Gasteiger charge is 2.36. The van der Waals surface area contributed by atoms with Crippen molar-refractivity contribution in [1.82, 2.24) is 9.97 Å². The van der Waals surface area contributed by atoms with Crippen LogP contribution < -0.4 is 5.30 Å². The van der Waals surface area contributed by atoms with Crippen LogP contribution in [0, 0.1) is 0 Å². The summed E-state index contributed by atoms with van der Waals surface area (Å²) >= 11 is 6.09. The van der Waals surface area contributed by atoms with Gasteiger partial charge in [0.2, 0.25) is 0 Å². The van der Waals surface area contributed by atoms with Crippen molar-refractivity contribution in [3.63, 3.8) is 0 Å². The van der Waals surface area contributed by atoms with Crippen LogP contribution in [-0.2, 0) is 13.6 Å². The summed E-state index contributed by atoms with van der Waals surface area (Å²) in [5.74, 6) is 0.138. The lowest BCUT2D eigenvalue weighted by Crippen LogP contribution is -2.20. The molecule has 5 rings (SSSR count). The van der Waals surface area contributed by atoms with Crippen LogP contribution >= 0.6 is 19.2 Å². The van der Waals surface area contributed by atoms with Crippen LogP contribution in [0.2, 0.25) is 5.02 Å². The van der Waals surface area contributed by atoms with Crippen molar-refractivity contribution < 1.29 is 18.7 Å². The molecule has 29 heavy (non-hydrogen) atoms. The monoisotopic (exact) mass is 426 g/mol. The number of hydrogen-bond donors (Lipinski definition) is 1. The predicted molar refractivity (Wildman–Crippen MR) is 112 cm³/mol. The zero-order valence-electron chi connectivity index (χ0n) is 15.2. The third-order valence-corrected chi connectivity index (χ3v) is 7.13. The number of nitrogens with zero attached hydrogens (tertiary/aromatic N) is 2. The summed E-state index contributed by atoms with van der Waals surface area (Å²) in [6.45, 7) is 0.305. The SMILES string of the molecule is O=P1(c2cnc3c(ccc4c(O)ccnc43)c2)OCC[C@@H](c2cccc(Cl)c2)O1. The first-order valence-corrected chi connectivity index (χ1v) is 11.0. The van der Waals surface area contributed by atoms with Crippen LogP contribution in [0.1, 0.15) is 18.1 Å². The maximum Gasteiger partial charge on any atom is 0.363 e. The molecule has 1 aliphatic rings. The minimum atomic E-state index is -3.55. The van der Waals surface area contributed by atoms with Crippen molar-refractivity contribution in [1.29, 1.82) is 0 Å². The summed E-state index contributed by atoms with van der Waals surface area (Å²) in [6.07, 6.45) is 3.23. The van der Waals surface area contributed by atoms with E-state index in [9.17, 15) is 9.67 Å². The normalized spacial score (nSPS) is 22.2. The first-order valence-electron chi connectivity index (χ1n) is 9.09. The van der Waals surface area contributed by atoms with Gasteiger partial charge in [-0.1, -0.05) is 29.8 Å². The second kappa shape index (κ2) is 7.08. The zero-order chi connectivity index (χ0) is 20.0. The number of halogens is 1. The van der Waals surface area contributed by atoms with Crippen LogP contribution in [-0.4, -0.2) is 21.7 Å². The lowest BCUT2D eigenvalue weighted by molar-refractivity contribution is 0.0875. The van der Waals surface area contributed by atoms with Gasteiger partial charge < -0.3 is 9.63 Å². The molecule has 6 nitrogen and oxygen atoms in total. The third kappa shape index (κ3) is 3.28. The molecule has 2 aromatic heterocycles. The van der Waals surface area contributed by atoms with Gasteiger partial charge in [0.05, 0.1) is 23.5 Å². The lowest BCUT2D eigenvalue weighted by atomic mass is 10.1. The summed E-state index contributed by atoms with van der Waals surface area (Å²) in [6, 6.07) is 14.2. The van der Waals surface area contributed by atoms with E-state index in [-0.39, 0.29) is 11.9 Å². The molecule has 3 heterocycles. The van der Waals surface area contributed by atoms with E-state index in [1.165, 1.54) is 18.5 Å². The van der Waals surface area contributed by atoms with Crippen molar-refractivity contribution in [2.45, 2.75) is 12.5 Å². The minimum Gasteiger partial charge on any atom is -0.507 e. The van der Waals surface area contributed by atoms with Gasteiger partial charge in [-0.05, 0) is 35.9 Å². The molecule has 4 aromatic rings. The Morgan fingerprint density at radius 3 is 2.86 bits per heavy atom. The minimum absolute atomic E-state index is 0.138. The molecule has 1 saturated heterocycles. The van der Waals surface area contributed by atoms with E-state index in [4.69, 9.17) is 20.6 Å². The van der Waals surface area contributed by atoms with Gasteiger partial charge in [-0.2, -0.15) is 0 Å². The molecule has 1 N–H and O–H groups in total. The molecular weight excluding hydrogens is 411 g/mol. The highest BCUT2D eigenvalue weighted by atomic mass is 35.5. The van der Waals surface area contributed by atoms with Crippen molar-refractivity contribution >= 4 is 46.3 Å². The second-order valence-electron chi connectivity index (χ2n) is 6.83. The molecule has 2 atom stereocenters. The Bertz CT molecular complexity index is 1300.